The molecule has 0 fully saturated rings. The highest BCUT2D eigenvalue weighted by Gasteiger charge is 2.50. The van der Waals surface area contributed by atoms with Crippen molar-refractivity contribution in [3.05, 3.63) is 18.3 Å². The van der Waals surface area contributed by atoms with E-state index in [1.165, 1.54) is 0 Å². The van der Waals surface area contributed by atoms with Crippen LogP contribution in [0.2, 0.25) is 0 Å². The fourth-order valence-electron chi connectivity index (χ4n) is 1.92. The van der Waals surface area contributed by atoms with Gasteiger partial charge in [0.1, 0.15) is 0 Å². The van der Waals surface area contributed by atoms with E-state index in [1.807, 2.05) is 49.8 Å². The first-order chi connectivity index (χ1) is 7.54. The summed E-state index contributed by atoms with van der Waals surface area (Å²) in [5.74, 6) is 1.56. The number of quaternary nitrogens is 1. The summed E-state index contributed by atoms with van der Waals surface area (Å²) in [5, 5.41) is 11.9. The van der Waals surface area contributed by atoms with E-state index in [4.69, 9.17) is 0 Å². The Bertz CT molecular complexity index is 439. The van der Waals surface area contributed by atoms with Crippen molar-refractivity contribution in [1.82, 2.24) is 9.88 Å². The van der Waals surface area contributed by atoms with Gasteiger partial charge in [0.25, 0.3) is 5.69 Å². The Morgan fingerprint density at radius 2 is 2.19 bits per heavy atom. The highest BCUT2D eigenvalue weighted by Crippen LogP contribution is 2.25. The first-order valence-electron chi connectivity index (χ1n) is 5.07. The lowest BCUT2D eigenvalue weighted by molar-refractivity contribution is -1.05. The molecule has 1 aliphatic rings. The normalized spacial score (nSPS) is 17.6. The Balaban J connectivity index is 2.43. The van der Waals surface area contributed by atoms with E-state index in [-0.39, 0.29) is 5.17 Å². The molecule has 86 valence electrons. The Kier molecular flexibility index (Phi) is 2.53. The number of rotatable bonds is 0. The van der Waals surface area contributed by atoms with Gasteiger partial charge in [0, 0.05) is 11.4 Å². The van der Waals surface area contributed by atoms with Crippen LogP contribution < -0.4 is 10.2 Å². The Morgan fingerprint density at radius 3 is 2.75 bits per heavy atom. The van der Waals surface area contributed by atoms with Crippen LogP contribution in [0.4, 0.5) is 11.5 Å². The van der Waals surface area contributed by atoms with Gasteiger partial charge in [-0.2, -0.15) is 10.2 Å². The van der Waals surface area contributed by atoms with Gasteiger partial charge >= 0.3 is 11.8 Å². The quantitative estimate of drug-likeness (QED) is 0.333. The largest absolute Gasteiger partial charge is 0.406 e. The van der Waals surface area contributed by atoms with E-state index in [0.717, 1.165) is 11.6 Å². The number of hydrogen-bond donors (Lipinski definition) is 2. The molecule has 1 aliphatic heterocycles. The van der Waals surface area contributed by atoms with Crippen molar-refractivity contribution in [3.63, 3.8) is 0 Å². The number of hydrogen-bond acceptors (Lipinski definition) is 2. The van der Waals surface area contributed by atoms with Crippen molar-refractivity contribution in [3.8, 4) is 0 Å². The van der Waals surface area contributed by atoms with Gasteiger partial charge < -0.3 is 0 Å². The maximum Gasteiger partial charge on any atom is 0.406 e. The second kappa shape index (κ2) is 3.73. The van der Waals surface area contributed by atoms with E-state index in [0.29, 0.717) is 5.82 Å². The van der Waals surface area contributed by atoms with Gasteiger partial charge in [0.2, 0.25) is 0 Å². The van der Waals surface area contributed by atoms with Crippen molar-refractivity contribution in [2.75, 3.05) is 33.2 Å². The van der Waals surface area contributed by atoms with E-state index in [1.54, 1.807) is 11.2 Å². The van der Waals surface area contributed by atoms with Gasteiger partial charge in [-0.05, 0) is 17.1 Å². The van der Waals surface area contributed by atoms with Gasteiger partial charge in [-0.15, -0.1) is 0 Å². The molecule has 0 saturated heterocycles. The number of aromatic nitrogens is 1. The van der Waals surface area contributed by atoms with E-state index < -0.39 is 0 Å². The van der Waals surface area contributed by atoms with Crippen LogP contribution >= 0.6 is 0 Å². The molecule has 1 aromatic heterocycles. The molecule has 0 saturated carbocycles. The maximum atomic E-state index is 9.93. The van der Waals surface area contributed by atoms with E-state index in [9.17, 15) is 5.21 Å². The summed E-state index contributed by atoms with van der Waals surface area (Å²) >= 11 is 0. The summed E-state index contributed by atoms with van der Waals surface area (Å²) in [6, 6.07) is 3.80. The minimum absolute atomic E-state index is 0.202. The van der Waals surface area contributed by atoms with Gasteiger partial charge in [0.05, 0.1) is 28.2 Å². The van der Waals surface area contributed by atoms with Gasteiger partial charge in [-0.1, -0.05) is 0 Å². The Labute approximate surface area is 94.6 Å². The molecule has 16 heavy (non-hydrogen) atoms. The predicted molar refractivity (Wildman–Crippen MR) is 59.9 cm³/mol. The third-order valence-electron chi connectivity index (χ3n) is 2.45. The van der Waals surface area contributed by atoms with Gasteiger partial charge in [-0.25, -0.2) is 0 Å². The first-order valence-corrected chi connectivity index (χ1v) is 5.07. The summed E-state index contributed by atoms with van der Waals surface area (Å²) < 4.78 is 1.95. The lowest BCUT2D eigenvalue weighted by Crippen LogP contribution is -3.19. The zero-order valence-corrected chi connectivity index (χ0v) is 9.97. The molecular formula is C10H17N5O+2. The number of anilines is 1. The van der Waals surface area contributed by atoms with Crippen LogP contribution in [0, 0.1) is 0 Å². The van der Waals surface area contributed by atoms with Crippen LogP contribution in [-0.2, 0) is 0 Å². The summed E-state index contributed by atoms with van der Waals surface area (Å²) in [6.07, 6.45) is 1.68. The molecule has 6 heteroatoms. The molecule has 2 heterocycles. The maximum absolute atomic E-state index is 9.93. The zero-order valence-electron chi connectivity index (χ0n) is 9.97. The number of fused-ring (bicyclic) bond motifs is 1. The average Bonchev–Trinajstić information content (AvgIpc) is 2.24. The van der Waals surface area contributed by atoms with E-state index in [2.05, 4.69) is 4.98 Å². The second-order valence-corrected chi connectivity index (χ2v) is 4.12. The standard InChI is InChI=1S/C10H16N5O/c1-12(2)10(13(3)4)14-8-6-5-7-11-9(8)15(14)16/h5-7,16H,1-4H3/q+1/p+1. The molecule has 0 aliphatic carbocycles. The molecule has 0 bridgehead atoms. The Hall–Kier alpha value is -1.66. The van der Waals surface area contributed by atoms with Crippen LogP contribution in [0.25, 0.3) is 0 Å². The average molecular weight is 223 g/mol. The highest BCUT2D eigenvalue weighted by atomic mass is 16.6. The summed E-state index contributed by atoms with van der Waals surface area (Å²) in [5.41, 5.74) is 0.928. The summed E-state index contributed by atoms with van der Waals surface area (Å²) in [4.78, 5) is 6.07. The highest BCUT2D eigenvalue weighted by molar-refractivity contribution is 5.94. The van der Waals surface area contributed by atoms with Crippen LogP contribution in [0.15, 0.2) is 18.3 Å². The summed E-state index contributed by atoms with van der Waals surface area (Å²) in [7, 11) is 7.77. The van der Waals surface area contributed by atoms with E-state index >= 15 is 0 Å². The van der Waals surface area contributed by atoms with Crippen molar-refractivity contribution in [2.45, 2.75) is 0 Å². The van der Waals surface area contributed by atoms with Crippen LogP contribution in [0.3, 0.4) is 0 Å². The lowest BCUT2D eigenvalue weighted by atomic mass is 10.3. The number of guanidine groups is 1. The predicted octanol–water partition coefficient (Wildman–Crippen LogP) is -1.09. The minimum atomic E-state index is 0.202. The molecule has 2 N–H and O–H groups in total. The minimum Gasteiger partial charge on any atom is -0.266 e. The number of nitrogens with zero attached hydrogens (tertiary/aromatic N) is 4. The molecule has 1 unspecified atom stereocenters. The third-order valence-corrected chi connectivity index (χ3v) is 2.45. The van der Waals surface area contributed by atoms with Gasteiger partial charge in [0.15, 0.2) is 0 Å². The molecule has 0 aromatic carbocycles. The monoisotopic (exact) mass is 223 g/mol. The van der Waals surface area contributed by atoms with Crippen molar-refractivity contribution in [1.29, 1.82) is 0 Å². The Morgan fingerprint density at radius 1 is 1.50 bits per heavy atom. The number of nitrogens with one attached hydrogen (secondary N) is 1. The molecular weight excluding hydrogens is 206 g/mol. The summed E-state index contributed by atoms with van der Waals surface area (Å²) in [6.45, 7) is 0. The molecule has 2 rings (SSSR count). The fraction of sp³-hybridized carbons (Fsp3) is 0.400. The molecule has 0 radical (unpaired) electrons. The molecule has 6 nitrogen and oxygen atoms in total. The van der Waals surface area contributed by atoms with Crippen molar-refractivity contribution < 1.29 is 15.0 Å². The number of pyridine rings is 1. The zero-order chi connectivity index (χ0) is 11.9. The third kappa shape index (κ3) is 1.43. The van der Waals surface area contributed by atoms with Crippen molar-refractivity contribution in [2.24, 2.45) is 0 Å². The fourth-order valence-corrected chi connectivity index (χ4v) is 1.92. The van der Waals surface area contributed by atoms with Gasteiger partial charge in [-0.3, -0.25) is 9.48 Å². The van der Waals surface area contributed by atoms with Crippen LogP contribution in [0.1, 0.15) is 0 Å². The molecule has 0 amide bonds. The first kappa shape index (κ1) is 10.8. The topological polar surface area (TPSA) is 47.1 Å². The smallest absolute Gasteiger partial charge is 0.266 e. The second-order valence-electron chi connectivity index (χ2n) is 4.12. The van der Waals surface area contributed by atoms with Crippen LogP contribution in [-0.4, -0.2) is 53.8 Å². The molecule has 1 aromatic rings. The molecule has 0 spiro atoms. The van der Waals surface area contributed by atoms with Crippen LogP contribution in [0.5, 0.6) is 0 Å². The lowest BCUT2D eigenvalue weighted by Gasteiger charge is -2.30. The van der Waals surface area contributed by atoms with Crippen molar-refractivity contribution >= 4 is 17.5 Å². The SMILES string of the molecule is CN(C)C(N1c2cccnc2[NH+]1O)=[N+](C)C. The molecule has 1 atom stereocenters.